The topological polar surface area (TPSA) is 72.5 Å². The molecule has 1 unspecified atom stereocenters. The average molecular weight is 251 g/mol. The van der Waals surface area contributed by atoms with Gasteiger partial charge in [-0.25, -0.2) is 0 Å². The summed E-state index contributed by atoms with van der Waals surface area (Å²) < 4.78 is 5.39. The second-order valence-electron chi connectivity index (χ2n) is 4.61. The number of carbonyl (C=O) groups is 1. The first-order valence-corrected chi connectivity index (χ1v) is 6.08. The summed E-state index contributed by atoms with van der Waals surface area (Å²) in [4.78, 5) is 10.6. The van der Waals surface area contributed by atoms with Gasteiger partial charge in [-0.3, -0.25) is 4.79 Å². The molecule has 0 aliphatic rings. The van der Waals surface area contributed by atoms with E-state index in [-0.39, 0.29) is 0 Å². The lowest BCUT2D eigenvalue weighted by Crippen LogP contribution is -2.29. The van der Waals surface area contributed by atoms with E-state index in [1.807, 2.05) is 13.8 Å². The molecule has 1 rings (SSSR count). The largest absolute Gasteiger partial charge is 0.496 e. The van der Waals surface area contributed by atoms with Crippen molar-refractivity contribution in [1.82, 2.24) is 0 Å². The predicted molar refractivity (Wildman–Crippen MR) is 71.0 cm³/mol. The van der Waals surface area contributed by atoms with Crippen molar-refractivity contribution in [1.29, 1.82) is 0 Å². The molecule has 100 valence electrons. The molecule has 0 fully saturated rings. The summed E-state index contributed by atoms with van der Waals surface area (Å²) in [6.07, 6.45) is 2.00. The Morgan fingerprint density at radius 1 is 1.44 bits per heavy atom. The van der Waals surface area contributed by atoms with Crippen LogP contribution in [0.15, 0.2) is 12.1 Å². The number of carboxylic acids is 1. The lowest BCUT2D eigenvalue weighted by atomic mass is 9.99. The van der Waals surface area contributed by atoms with Crippen LogP contribution in [0.25, 0.3) is 0 Å². The van der Waals surface area contributed by atoms with Crippen molar-refractivity contribution in [2.45, 2.75) is 39.2 Å². The SMILES string of the molecule is COc1c(C)cc(C)cc1CCCC(N)C(=O)O. The van der Waals surface area contributed by atoms with Gasteiger partial charge in [0.2, 0.25) is 0 Å². The van der Waals surface area contributed by atoms with Gasteiger partial charge in [0.05, 0.1) is 7.11 Å². The van der Waals surface area contributed by atoms with E-state index in [1.165, 1.54) is 5.56 Å². The molecule has 0 spiro atoms. The van der Waals surface area contributed by atoms with Crippen molar-refractivity contribution >= 4 is 5.97 Å². The Balaban J connectivity index is 2.69. The molecule has 4 heteroatoms. The lowest BCUT2D eigenvalue weighted by Gasteiger charge is -2.13. The summed E-state index contributed by atoms with van der Waals surface area (Å²) in [6.45, 7) is 4.05. The maximum absolute atomic E-state index is 10.6. The highest BCUT2D eigenvalue weighted by Gasteiger charge is 2.12. The number of ether oxygens (including phenoxy) is 1. The van der Waals surface area contributed by atoms with E-state index in [2.05, 4.69) is 12.1 Å². The highest BCUT2D eigenvalue weighted by atomic mass is 16.5. The molecule has 0 aromatic heterocycles. The fourth-order valence-corrected chi connectivity index (χ4v) is 2.16. The number of hydrogen-bond acceptors (Lipinski definition) is 3. The van der Waals surface area contributed by atoms with Crippen molar-refractivity contribution in [3.8, 4) is 5.75 Å². The van der Waals surface area contributed by atoms with Crippen LogP contribution in [0.4, 0.5) is 0 Å². The zero-order valence-corrected chi connectivity index (χ0v) is 11.2. The normalized spacial score (nSPS) is 12.2. The van der Waals surface area contributed by atoms with Crippen molar-refractivity contribution < 1.29 is 14.6 Å². The van der Waals surface area contributed by atoms with Crippen LogP contribution in [-0.4, -0.2) is 24.2 Å². The molecule has 0 aliphatic carbocycles. The van der Waals surface area contributed by atoms with Crippen molar-refractivity contribution in [2.24, 2.45) is 5.73 Å². The number of methoxy groups -OCH3 is 1. The van der Waals surface area contributed by atoms with E-state index in [0.29, 0.717) is 6.42 Å². The van der Waals surface area contributed by atoms with Crippen LogP contribution in [0.2, 0.25) is 0 Å². The van der Waals surface area contributed by atoms with Crippen LogP contribution in [0.5, 0.6) is 5.75 Å². The van der Waals surface area contributed by atoms with Gasteiger partial charge in [-0.2, -0.15) is 0 Å². The molecule has 4 nitrogen and oxygen atoms in total. The van der Waals surface area contributed by atoms with Gasteiger partial charge in [-0.15, -0.1) is 0 Å². The number of hydrogen-bond donors (Lipinski definition) is 2. The van der Waals surface area contributed by atoms with Crippen LogP contribution >= 0.6 is 0 Å². The smallest absolute Gasteiger partial charge is 0.320 e. The monoisotopic (exact) mass is 251 g/mol. The summed E-state index contributed by atoms with van der Waals surface area (Å²) in [5, 5.41) is 8.72. The van der Waals surface area contributed by atoms with Gasteiger partial charge in [0.1, 0.15) is 11.8 Å². The molecule has 1 aromatic rings. The van der Waals surface area contributed by atoms with E-state index >= 15 is 0 Å². The lowest BCUT2D eigenvalue weighted by molar-refractivity contribution is -0.138. The van der Waals surface area contributed by atoms with Gasteiger partial charge in [-0.1, -0.05) is 17.7 Å². The van der Waals surface area contributed by atoms with Crippen molar-refractivity contribution in [3.63, 3.8) is 0 Å². The quantitative estimate of drug-likeness (QED) is 0.811. The number of nitrogens with two attached hydrogens (primary N) is 1. The van der Waals surface area contributed by atoms with Crippen LogP contribution in [0, 0.1) is 13.8 Å². The Bertz CT molecular complexity index is 429. The minimum atomic E-state index is -0.942. The van der Waals surface area contributed by atoms with Crippen LogP contribution in [0.1, 0.15) is 29.5 Å². The number of aliphatic carboxylic acids is 1. The molecular formula is C14H21NO3. The molecule has 0 bridgehead atoms. The molecular weight excluding hydrogens is 230 g/mol. The summed E-state index contributed by atoms with van der Waals surface area (Å²) in [5.41, 5.74) is 8.89. The first-order valence-electron chi connectivity index (χ1n) is 6.08. The highest BCUT2D eigenvalue weighted by Crippen LogP contribution is 2.26. The molecule has 18 heavy (non-hydrogen) atoms. The van der Waals surface area contributed by atoms with E-state index < -0.39 is 12.0 Å². The van der Waals surface area contributed by atoms with E-state index in [9.17, 15) is 4.79 Å². The van der Waals surface area contributed by atoms with E-state index in [1.54, 1.807) is 7.11 Å². The molecule has 0 aliphatic heterocycles. The maximum atomic E-state index is 10.6. The summed E-state index contributed by atoms with van der Waals surface area (Å²) in [6, 6.07) is 3.38. The number of benzene rings is 1. The van der Waals surface area contributed by atoms with Crippen LogP contribution in [0.3, 0.4) is 0 Å². The zero-order valence-electron chi connectivity index (χ0n) is 11.2. The summed E-state index contributed by atoms with van der Waals surface area (Å²) in [7, 11) is 1.66. The second-order valence-corrected chi connectivity index (χ2v) is 4.61. The fraction of sp³-hybridized carbons (Fsp3) is 0.500. The summed E-state index contributed by atoms with van der Waals surface area (Å²) in [5.74, 6) is -0.0492. The van der Waals surface area contributed by atoms with Gasteiger partial charge in [0.25, 0.3) is 0 Å². The first-order chi connectivity index (χ1) is 8.45. The molecule has 3 N–H and O–H groups in total. The molecule has 0 radical (unpaired) electrons. The Hall–Kier alpha value is -1.55. The third kappa shape index (κ3) is 3.74. The Morgan fingerprint density at radius 2 is 2.11 bits per heavy atom. The Kier molecular flexibility index (Phi) is 5.16. The minimum absolute atomic E-state index is 0.478. The third-order valence-corrected chi connectivity index (χ3v) is 2.98. The highest BCUT2D eigenvalue weighted by molar-refractivity contribution is 5.72. The fourth-order valence-electron chi connectivity index (χ4n) is 2.16. The third-order valence-electron chi connectivity index (χ3n) is 2.98. The second kappa shape index (κ2) is 6.40. The number of rotatable bonds is 6. The van der Waals surface area contributed by atoms with Crippen LogP contribution in [-0.2, 0) is 11.2 Å². The number of carboxylic acid groups (broad SMARTS) is 1. The Morgan fingerprint density at radius 3 is 2.67 bits per heavy atom. The molecule has 0 saturated heterocycles. The van der Waals surface area contributed by atoms with Crippen LogP contribution < -0.4 is 10.5 Å². The standard InChI is InChI=1S/C14H21NO3/c1-9-7-10(2)13(18-3)11(8-9)5-4-6-12(15)14(16)17/h7-8,12H,4-6,15H2,1-3H3,(H,16,17). The predicted octanol–water partition coefficient (Wildman–Crippen LogP) is 2.05. The van der Waals surface area contributed by atoms with Gasteiger partial charge in [-0.05, 0) is 44.2 Å². The zero-order chi connectivity index (χ0) is 13.7. The molecule has 1 atom stereocenters. The molecule has 0 amide bonds. The molecule has 0 heterocycles. The van der Waals surface area contributed by atoms with E-state index in [4.69, 9.17) is 15.6 Å². The first kappa shape index (κ1) is 14.5. The summed E-state index contributed by atoms with van der Waals surface area (Å²) >= 11 is 0. The average Bonchev–Trinajstić information content (AvgIpc) is 2.28. The van der Waals surface area contributed by atoms with Gasteiger partial charge in [0, 0.05) is 0 Å². The van der Waals surface area contributed by atoms with Crippen molar-refractivity contribution in [3.05, 3.63) is 28.8 Å². The molecule has 0 saturated carbocycles. The van der Waals surface area contributed by atoms with Crippen molar-refractivity contribution in [2.75, 3.05) is 7.11 Å². The van der Waals surface area contributed by atoms with E-state index in [0.717, 1.165) is 29.7 Å². The maximum Gasteiger partial charge on any atom is 0.320 e. The van der Waals surface area contributed by atoms with Gasteiger partial charge < -0.3 is 15.6 Å². The minimum Gasteiger partial charge on any atom is -0.496 e. The van der Waals surface area contributed by atoms with Gasteiger partial charge in [0.15, 0.2) is 0 Å². The number of aryl methyl sites for hydroxylation is 3. The van der Waals surface area contributed by atoms with Gasteiger partial charge >= 0.3 is 5.97 Å². The molecule has 1 aromatic carbocycles. The Labute approximate surface area is 108 Å².